The summed E-state index contributed by atoms with van der Waals surface area (Å²) in [5.74, 6) is 0.321. The van der Waals surface area contributed by atoms with Crippen molar-refractivity contribution in [3.05, 3.63) is 18.2 Å². The normalized spacial score (nSPS) is 18.9. The molecule has 1 aromatic heterocycles. The highest BCUT2D eigenvalue weighted by Crippen LogP contribution is 2.22. The molecule has 1 saturated heterocycles. The fraction of sp³-hybridized carbons (Fsp3) is 0.615. The summed E-state index contributed by atoms with van der Waals surface area (Å²) in [5.41, 5.74) is 0. The van der Waals surface area contributed by atoms with Gasteiger partial charge in [0.15, 0.2) is 0 Å². The van der Waals surface area contributed by atoms with Crippen LogP contribution in [-0.4, -0.2) is 40.0 Å². The number of methoxy groups -OCH3 is 1. The average molecular weight is 265 g/mol. The van der Waals surface area contributed by atoms with Crippen molar-refractivity contribution < 1.29 is 14.3 Å². The summed E-state index contributed by atoms with van der Waals surface area (Å²) in [6.45, 7) is 3.24. The average Bonchev–Trinajstić information content (AvgIpc) is 2.97. The number of hydrogen-bond donors (Lipinski definition) is 0. The number of amides is 1. The topological polar surface area (TPSA) is 64.4 Å². The first-order valence-electron chi connectivity index (χ1n) is 6.53. The lowest BCUT2D eigenvalue weighted by atomic mass is 10.0. The number of ether oxygens (including phenoxy) is 1. The first-order valence-corrected chi connectivity index (χ1v) is 6.53. The zero-order valence-electron chi connectivity index (χ0n) is 11.3. The third-order valence-corrected chi connectivity index (χ3v) is 3.40. The van der Waals surface area contributed by atoms with Crippen molar-refractivity contribution in [1.82, 2.24) is 14.5 Å². The van der Waals surface area contributed by atoms with Crippen LogP contribution in [0, 0.1) is 5.92 Å². The van der Waals surface area contributed by atoms with Crippen LogP contribution < -0.4 is 0 Å². The van der Waals surface area contributed by atoms with Crippen LogP contribution in [0.25, 0.3) is 0 Å². The number of nitrogens with zero attached hydrogens (tertiary/aromatic N) is 3. The van der Waals surface area contributed by atoms with E-state index in [9.17, 15) is 9.59 Å². The third-order valence-electron chi connectivity index (χ3n) is 3.40. The molecular formula is C13H19N3O3. The highest BCUT2D eigenvalue weighted by Gasteiger charge is 2.29. The second-order valence-corrected chi connectivity index (χ2v) is 4.83. The molecule has 1 atom stereocenters. The van der Waals surface area contributed by atoms with E-state index in [0.717, 1.165) is 19.4 Å². The zero-order valence-corrected chi connectivity index (χ0v) is 11.3. The zero-order chi connectivity index (χ0) is 13.8. The summed E-state index contributed by atoms with van der Waals surface area (Å²) in [6.07, 6.45) is 5.99. The molecule has 0 radical (unpaired) electrons. The second kappa shape index (κ2) is 5.86. The molecule has 1 aliphatic rings. The number of aromatic nitrogens is 2. The van der Waals surface area contributed by atoms with E-state index in [-0.39, 0.29) is 11.7 Å². The van der Waals surface area contributed by atoms with Gasteiger partial charge in [-0.25, -0.2) is 9.78 Å². The summed E-state index contributed by atoms with van der Waals surface area (Å²) in [6, 6.07) is 0. The Hall–Kier alpha value is -1.85. The molecule has 2 heterocycles. The first kappa shape index (κ1) is 13.6. The number of imidazole rings is 1. The van der Waals surface area contributed by atoms with Gasteiger partial charge in [-0.3, -0.25) is 4.79 Å². The molecule has 0 spiro atoms. The second-order valence-electron chi connectivity index (χ2n) is 4.83. The predicted octanol–water partition coefficient (Wildman–Crippen LogP) is 1.28. The molecule has 1 amide bonds. The number of likely N-dealkylation sites (tertiary alicyclic amines) is 1. The minimum atomic E-state index is -0.484. The van der Waals surface area contributed by atoms with E-state index in [1.54, 1.807) is 15.7 Å². The Labute approximate surface area is 112 Å². The molecule has 1 fully saturated rings. The van der Waals surface area contributed by atoms with Gasteiger partial charge >= 0.3 is 5.97 Å². The standard InChI is InChI=1S/C13H19N3O3/c1-3-4-10-7-11(17)16(8-10)9-15-6-5-14-12(15)13(18)19-2/h5-6,10H,3-4,7-9H2,1-2H3. The van der Waals surface area contributed by atoms with Crippen molar-refractivity contribution in [3.8, 4) is 0 Å². The van der Waals surface area contributed by atoms with Gasteiger partial charge in [0.2, 0.25) is 11.7 Å². The van der Waals surface area contributed by atoms with Crippen molar-refractivity contribution >= 4 is 11.9 Å². The van der Waals surface area contributed by atoms with E-state index in [1.165, 1.54) is 13.3 Å². The van der Waals surface area contributed by atoms with Crippen LogP contribution in [0.5, 0.6) is 0 Å². The Morgan fingerprint density at radius 3 is 3.05 bits per heavy atom. The Morgan fingerprint density at radius 1 is 1.58 bits per heavy atom. The van der Waals surface area contributed by atoms with Gasteiger partial charge in [-0.2, -0.15) is 0 Å². The number of carbonyl (C=O) groups is 2. The van der Waals surface area contributed by atoms with Crippen molar-refractivity contribution in [2.75, 3.05) is 13.7 Å². The van der Waals surface area contributed by atoms with Crippen LogP contribution in [-0.2, 0) is 16.2 Å². The highest BCUT2D eigenvalue weighted by atomic mass is 16.5. The Balaban J connectivity index is 2.04. The Kier molecular flexibility index (Phi) is 4.19. The van der Waals surface area contributed by atoms with Crippen molar-refractivity contribution in [3.63, 3.8) is 0 Å². The lowest BCUT2D eigenvalue weighted by molar-refractivity contribution is -0.129. The van der Waals surface area contributed by atoms with Gasteiger partial charge < -0.3 is 14.2 Å². The molecule has 6 nitrogen and oxygen atoms in total. The SMILES string of the molecule is CCCC1CC(=O)N(Cn2ccnc2C(=O)OC)C1. The van der Waals surface area contributed by atoms with Crippen LogP contribution >= 0.6 is 0 Å². The monoisotopic (exact) mass is 265 g/mol. The predicted molar refractivity (Wildman–Crippen MR) is 68.3 cm³/mol. The quantitative estimate of drug-likeness (QED) is 0.752. The third kappa shape index (κ3) is 2.94. The maximum atomic E-state index is 11.9. The Morgan fingerprint density at radius 2 is 2.37 bits per heavy atom. The molecule has 6 heteroatoms. The van der Waals surface area contributed by atoms with Gasteiger partial charge in [0.25, 0.3) is 0 Å². The van der Waals surface area contributed by atoms with Gasteiger partial charge in [-0.1, -0.05) is 13.3 Å². The van der Waals surface area contributed by atoms with Gasteiger partial charge in [-0.05, 0) is 12.3 Å². The summed E-state index contributed by atoms with van der Waals surface area (Å²) >= 11 is 0. The summed E-state index contributed by atoms with van der Waals surface area (Å²) < 4.78 is 6.31. The minimum Gasteiger partial charge on any atom is -0.463 e. The minimum absolute atomic E-state index is 0.142. The summed E-state index contributed by atoms with van der Waals surface area (Å²) in [5, 5.41) is 0. The van der Waals surface area contributed by atoms with Crippen LogP contribution in [0.2, 0.25) is 0 Å². The maximum Gasteiger partial charge on any atom is 0.374 e. The number of rotatable bonds is 5. The van der Waals surface area contributed by atoms with E-state index in [4.69, 9.17) is 0 Å². The molecule has 1 aromatic rings. The molecule has 1 aliphatic heterocycles. The number of carbonyl (C=O) groups excluding carboxylic acids is 2. The van der Waals surface area contributed by atoms with E-state index in [2.05, 4.69) is 16.6 Å². The van der Waals surface area contributed by atoms with Crippen molar-refractivity contribution in [1.29, 1.82) is 0 Å². The van der Waals surface area contributed by atoms with E-state index >= 15 is 0 Å². The van der Waals surface area contributed by atoms with E-state index in [1.807, 2.05) is 0 Å². The molecular weight excluding hydrogens is 246 g/mol. The lowest BCUT2D eigenvalue weighted by Crippen LogP contribution is -2.29. The van der Waals surface area contributed by atoms with Gasteiger partial charge in [0, 0.05) is 25.4 Å². The van der Waals surface area contributed by atoms with Crippen molar-refractivity contribution in [2.24, 2.45) is 5.92 Å². The van der Waals surface area contributed by atoms with E-state index in [0.29, 0.717) is 19.0 Å². The Bertz CT molecular complexity index is 469. The molecule has 0 bridgehead atoms. The van der Waals surface area contributed by atoms with Crippen LogP contribution in [0.15, 0.2) is 12.4 Å². The molecule has 0 aliphatic carbocycles. The molecule has 19 heavy (non-hydrogen) atoms. The number of esters is 1. The van der Waals surface area contributed by atoms with Crippen molar-refractivity contribution in [2.45, 2.75) is 32.9 Å². The van der Waals surface area contributed by atoms with Gasteiger partial charge in [0.05, 0.1) is 13.8 Å². The summed E-state index contributed by atoms with van der Waals surface area (Å²) in [7, 11) is 1.32. The van der Waals surface area contributed by atoms with E-state index < -0.39 is 5.97 Å². The smallest absolute Gasteiger partial charge is 0.374 e. The lowest BCUT2D eigenvalue weighted by Gasteiger charge is -2.18. The van der Waals surface area contributed by atoms with Crippen LogP contribution in [0.4, 0.5) is 0 Å². The highest BCUT2D eigenvalue weighted by molar-refractivity contribution is 5.85. The maximum absolute atomic E-state index is 11.9. The van der Waals surface area contributed by atoms with Crippen LogP contribution in [0.1, 0.15) is 36.8 Å². The molecule has 104 valence electrons. The fourth-order valence-electron chi connectivity index (χ4n) is 2.48. The number of hydrogen-bond acceptors (Lipinski definition) is 4. The van der Waals surface area contributed by atoms with Gasteiger partial charge in [0.1, 0.15) is 0 Å². The van der Waals surface area contributed by atoms with Crippen LogP contribution in [0.3, 0.4) is 0 Å². The van der Waals surface area contributed by atoms with Gasteiger partial charge in [-0.15, -0.1) is 0 Å². The molecule has 1 unspecified atom stereocenters. The molecule has 0 aromatic carbocycles. The molecule has 0 N–H and O–H groups in total. The fourth-order valence-corrected chi connectivity index (χ4v) is 2.48. The molecule has 2 rings (SSSR count). The first-order chi connectivity index (χ1) is 9.15. The largest absolute Gasteiger partial charge is 0.463 e. The summed E-state index contributed by atoms with van der Waals surface area (Å²) in [4.78, 5) is 29.2. The molecule has 0 saturated carbocycles.